The number of amides is 2. The molecule has 4 aromatic carbocycles. The van der Waals surface area contributed by atoms with E-state index in [1.807, 2.05) is 91.0 Å². The van der Waals surface area contributed by atoms with Gasteiger partial charge < -0.3 is 15.2 Å². The van der Waals surface area contributed by atoms with E-state index in [0.29, 0.717) is 0 Å². The van der Waals surface area contributed by atoms with Crippen molar-refractivity contribution in [2.45, 2.75) is 68.0 Å². The molecule has 10 heteroatoms. The fourth-order valence-electron chi connectivity index (χ4n) is 7.67. The molecule has 250 valence electrons. The first-order valence-corrected chi connectivity index (χ1v) is 18.4. The second-order valence-electron chi connectivity index (χ2n) is 13.4. The maximum Gasteiger partial charge on any atom is 0.331 e. The van der Waals surface area contributed by atoms with Crippen molar-refractivity contribution >= 4 is 21.6 Å². The predicted octanol–water partition coefficient (Wildman–Crippen LogP) is 6.56. The van der Waals surface area contributed by atoms with Gasteiger partial charge in [0.05, 0.1) is 19.3 Å². The Morgan fingerprint density at radius 2 is 1.43 bits per heavy atom. The maximum absolute atomic E-state index is 16.0. The molecule has 0 radical (unpaired) electrons. The normalized spacial score (nSPS) is 18.9. The summed E-state index contributed by atoms with van der Waals surface area (Å²) in [5, 5.41) is 17.8. The van der Waals surface area contributed by atoms with Gasteiger partial charge in [0.1, 0.15) is 10.4 Å². The molecule has 2 amide bonds. The van der Waals surface area contributed by atoms with Crippen LogP contribution in [0.15, 0.2) is 113 Å². The molecule has 8 rings (SSSR count). The van der Waals surface area contributed by atoms with Gasteiger partial charge in [0.25, 0.3) is 0 Å². The van der Waals surface area contributed by atoms with Crippen molar-refractivity contribution in [1.82, 2.24) is 14.5 Å². The van der Waals surface area contributed by atoms with E-state index in [-0.39, 0.29) is 23.9 Å². The molecule has 0 saturated carbocycles. The molecule has 9 nitrogen and oxygen atoms in total. The Labute approximate surface area is 286 Å². The molecule has 0 fully saturated rings. The zero-order valence-electron chi connectivity index (χ0n) is 27.4. The number of carbonyl (C=O) groups excluding carboxylic acids is 1. The fourth-order valence-corrected chi connectivity index (χ4v) is 9.51. The highest BCUT2D eigenvalue weighted by Crippen LogP contribution is 2.44. The molecule has 1 aliphatic heterocycles. The highest BCUT2D eigenvalue weighted by molar-refractivity contribution is 7.92. The monoisotopic (exact) mass is 673 g/mol. The number of rotatable bonds is 8. The highest BCUT2D eigenvalue weighted by atomic mass is 32.2. The van der Waals surface area contributed by atoms with Crippen molar-refractivity contribution < 1.29 is 18.8 Å². The third-order valence-corrected chi connectivity index (χ3v) is 11.9. The van der Waals surface area contributed by atoms with Crippen LogP contribution in [0.4, 0.5) is 10.5 Å². The fraction of sp³-hybridized carbons (Fsp3) is 0.282. The second kappa shape index (κ2) is 12.2. The van der Waals surface area contributed by atoms with E-state index in [2.05, 4.69) is 21.2 Å². The summed E-state index contributed by atoms with van der Waals surface area (Å²) in [4.78, 5) is 14.5. The van der Waals surface area contributed by atoms with Crippen LogP contribution in [0.1, 0.15) is 58.7 Å². The molecule has 1 aromatic heterocycles. The molecule has 1 unspecified atom stereocenters. The van der Waals surface area contributed by atoms with E-state index in [0.717, 1.165) is 60.9 Å². The summed E-state index contributed by atoms with van der Waals surface area (Å²) in [6.45, 7) is 1.75. The third-order valence-electron chi connectivity index (χ3n) is 10.0. The summed E-state index contributed by atoms with van der Waals surface area (Å²) in [6.07, 6.45) is 7.30. The number of hydrogen-bond donors (Lipinski definition) is 3. The first-order chi connectivity index (χ1) is 23.8. The number of hydrogen-bond acceptors (Lipinski definition) is 6. The van der Waals surface area contributed by atoms with Crippen molar-refractivity contribution in [3.63, 3.8) is 0 Å². The van der Waals surface area contributed by atoms with Crippen LogP contribution in [0.25, 0.3) is 0 Å². The van der Waals surface area contributed by atoms with Crippen LogP contribution in [0.5, 0.6) is 5.88 Å². The van der Waals surface area contributed by atoms with Crippen LogP contribution in [-0.2, 0) is 47.7 Å². The Hall–Kier alpha value is -4.93. The number of aryl methyl sites for hydroxylation is 2. The molecule has 2 heterocycles. The smallest absolute Gasteiger partial charge is 0.331 e. The Balaban J connectivity index is 1.35. The number of aliphatic hydroxyl groups excluding tert-OH is 1. The quantitative estimate of drug-likeness (QED) is 0.161. The molecule has 2 aliphatic carbocycles. The summed E-state index contributed by atoms with van der Waals surface area (Å²) in [7, 11) is -3.88. The molecule has 5 aromatic rings. The second-order valence-corrected chi connectivity index (χ2v) is 15.3. The number of aliphatic hydroxyl groups is 1. The zero-order valence-corrected chi connectivity index (χ0v) is 28.2. The van der Waals surface area contributed by atoms with Gasteiger partial charge in [-0.2, -0.15) is 9.46 Å². The molecule has 0 bridgehead atoms. The van der Waals surface area contributed by atoms with Gasteiger partial charge in [-0.1, -0.05) is 97.1 Å². The first-order valence-electron chi connectivity index (χ1n) is 16.9. The third kappa shape index (κ3) is 5.39. The Morgan fingerprint density at radius 3 is 1.94 bits per heavy atom. The average molecular weight is 674 g/mol. The molecule has 0 saturated heterocycles. The summed E-state index contributed by atoms with van der Waals surface area (Å²) in [5.41, 5.74) is 5.75. The minimum Gasteiger partial charge on any atom is -0.466 e. The Bertz CT molecular complexity index is 2030. The van der Waals surface area contributed by atoms with Crippen LogP contribution in [-0.4, -0.2) is 37.3 Å². The van der Waals surface area contributed by atoms with Crippen LogP contribution in [0, 0.1) is 0 Å². The molecule has 3 N–H and O–H groups in total. The number of carbonyl (C=O) groups is 1. The van der Waals surface area contributed by atoms with Crippen molar-refractivity contribution in [3.8, 4) is 5.88 Å². The number of nitrogens with one attached hydrogen (secondary N) is 2. The first kappa shape index (κ1) is 31.3. The van der Waals surface area contributed by atoms with Gasteiger partial charge in [0.2, 0.25) is 5.88 Å². The number of anilines is 1. The highest BCUT2D eigenvalue weighted by Gasteiger charge is 2.43. The van der Waals surface area contributed by atoms with Crippen molar-refractivity contribution in [1.29, 1.82) is 0 Å². The molecular weight excluding hydrogens is 635 g/mol. The maximum atomic E-state index is 16.0. The predicted molar refractivity (Wildman–Crippen MR) is 189 cm³/mol. The van der Waals surface area contributed by atoms with Gasteiger partial charge >= 0.3 is 6.03 Å². The lowest BCUT2D eigenvalue weighted by atomic mass is 9.78. The average Bonchev–Trinajstić information content (AvgIpc) is 3.93. The lowest BCUT2D eigenvalue weighted by Crippen LogP contribution is -2.39. The largest absolute Gasteiger partial charge is 0.466 e. The van der Waals surface area contributed by atoms with Gasteiger partial charge in [0.15, 0.2) is 15.5 Å². The van der Waals surface area contributed by atoms with Crippen LogP contribution >= 0.6 is 0 Å². The van der Waals surface area contributed by atoms with Gasteiger partial charge in [-0.25, -0.2) is 18.4 Å². The summed E-state index contributed by atoms with van der Waals surface area (Å²) < 4.78 is 32.0. The number of nitrogens with zero attached hydrogens (tertiary/aromatic N) is 3. The van der Waals surface area contributed by atoms with E-state index in [9.17, 15) is 9.90 Å². The van der Waals surface area contributed by atoms with Gasteiger partial charge in [-0.05, 0) is 84.4 Å². The SMILES string of the molecule is C[C@@]1(CO)Cn2ncc(S(=O)(=NC(c3ccccc3)(c3ccccc3)c3ccccc3)NC(=O)Nc3c4c(cc5c3CCC5)CCC4)c2O1. The minimum absolute atomic E-state index is 0.135. The molecule has 3 aliphatic rings. The number of benzene rings is 4. The Kier molecular flexibility index (Phi) is 7.80. The molecule has 0 spiro atoms. The minimum atomic E-state index is -3.88. The number of fused-ring (bicyclic) bond motifs is 3. The van der Waals surface area contributed by atoms with E-state index < -0.39 is 27.1 Å². The van der Waals surface area contributed by atoms with Gasteiger partial charge in [-0.15, -0.1) is 0 Å². The number of aromatic nitrogens is 2. The number of ether oxygens (including phenoxy) is 1. The van der Waals surface area contributed by atoms with Crippen molar-refractivity contribution in [2.75, 3.05) is 11.9 Å². The van der Waals surface area contributed by atoms with E-state index in [1.165, 1.54) is 28.5 Å². The van der Waals surface area contributed by atoms with Crippen LogP contribution in [0.3, 0.4) is 0 Å². The lowest BCUT2D eigenvalue weighted by Gasteiger charge is -2.33. The topological polar surface area (TPSA) is 118 Å². The summed E-state index contributed by atoms with van der Waals surface area (Å²) >= 11 is 0. The standard InChI is InChI=1S/C39H39N5O4S/c1-38(26-45)25-44-36(48-38)34(24-40-44)49(47,42-37(46)41-35-32-21-11-13-27(32)23-28-14-12-22-33(28)35)43-39(29-15-5-2-6-16-29,30-17-7-3-8-18-30)31-19-9-4-10-20-31/h2-10,15-20,23-24,45H,11-14,21-22,25-26H2,1H3,(H2,41,42,43,46,47)/t38-,49?/m0/s1. The van der Waals surface area contributed by atoms with E-state index in [4.69, 9.17) is 9.10 Å². The van der Waals surface area contributed by atoms with Gasteiger partial charge in [-0.3, -0.25) is 0 Å². The van der Waals surface area contributed by atoms with Crippen molar-refractivity contribution in [2.24, 2.45) is 4.36 Å². The Morgan fingerprint density at radius 1 is 0.898 bits per heavy atom. The van der Waals surface area contributed by atoms with Crippen molar-refractivity contribution in [3.05, 3.63) is 142 Å². The molecular formula is C39H39N5O4S. The number of urea groups is 1. The van der Waals surface area contributed by atoms with E-state index >= 15 is 4.21 Å². The molecule has 49 heavy (non-hydrogen) atoms. The summed E-state index contributed by atoms with van der Waals surface area (Å²) in [5.74, 6) is 0.204. The van der Waals surface area contributed by atoms with E-state index in [1.54, 1.807) is 11.6 Å². The van der Waals surface area contributed by atoms with Crippen LogP contribution in [0.2, 0.25) is 0 Å². The molecule has 2 atom stereocenters. The lowest BCUT2D eigenvalue weighted by molar-refractivity contribution is 0.0399. The summed E-state index contributed by atoms with van der Waals surface area (Å²) in [6, 6.07) is 30.8. The zero-order chi connectivity index (χ0) is 33.6. The van der Waals surface area contributed by atoms with Crippen LogP contribution < -0.4 is 14.8 Å². The van der Waals surface area contributed by atoms with Gasteiger partial charge in [0, 0.05) is 5.69 Å².